The topological polar surface area (TPSA) is 70.4 Å². The van der Waals surface area contributed by atoms with E-state index in [0.717, 1.165) is 23.3 Å². The number of nitrogens with zero attached hydrogens (tertiary/aromatic N) is 2. The molecule has 2 aromatic rings. The maximum atomic E-state index is 12.3. The van der Waals surface area contributed by atoms with E-state index in [2.05, 4.69) is 12.1 Å². The summed E-state index contributed by atoms with van der Waals surface area (Å²) in [7, 11) is 1.59. The average Bonchev–Trinajstić information content (AvgIpc) is 3.08. The highest BCUT2D eigenvalue weighted by Crippen LogP contribution is 2.39. The van der Waals surface area contributed by atoms with Crippen molar-refractivity contribution in [1.82, 2.24) is 4.90 Å². The minimum atomic E-state index is -0.473. The molecule has 1 aliphatic rings. The molecule has 0 N–H and O–H groups in total. The molecule has 0 unspecified atom stereocenters. The van der Waals surface area contributed by atoms with Gasteiger partial charge < -0.3 is 9.64 Å². The number of carbonyl (C=O) groups excluding carboxylic acids is 2. The van der Waals surface area contributed by atoms with Crippen LogP contribution in [-0.4, -0.2) is 37.0 Å². The smallest absolute Gasteiger partial charge is 0.348 e. The maximum Gasteiger partial charge on any atom is 0.348 e. The molecule has 0 atom stereocenters. The second-order valence-corrected chi connectivity index (χ2v) is 6.97. The number of benzene rings is 1. The van der Waals surface area contributed by atoms with Gasteiger partial charge in [-0.05, 0) is 35.6 Å². The van der Waals surface area contributed by atoms with Gasteiger partial charge in [-0.25, -0.2) is 4.79 Å². The second kappa shape index (κ2) is 7.49. The summed E-state index contributed by atoms with van der Waals surface area (Å²) in [6.07, 6.45) is 2.13. The zero-order valence-corrected chi connectivity index (χ0v) is 14.8. The molecule has 5 nitrogen and oxygen atoms in total. The minimum Gasteiger partial charge on any atom is -0.451 e. The molecule has 1 aromatic carbocycles. The molecular formula is C19H18N2O3S. The summed E-state index contributed by atoms with van der Waals surface area (Å²) >= 11 is 1.42. The number of hydrogen-bond donors (Lipinski definition) is 0. The predicted molar refractivity (Wildman–Crippen MR) is 95.3 cm³/mol. The van der Waals surface area contributed by atoms with E-state index >= 15 is 0 Å². The Hall–Kier alpha value is -2.65. The van der Waals surface area contributed by atoms with Gasteiger partial charge in [0.2, 0.25) is 0 Å². The van der Waals surface area contributed by atoms with Crippen molar-refractivity contribution in [1.29, 1.82) is 5.26 Å². The summed E-state index contributed by atoms with van der Waals surface area (Å²) < 4.78 is 5.15. The first-order chi connectivity index (χ1) is 12.1. The summed E-state index contributed by atoms with van der Waals surface area (Å²) in [6.45, 7) is 0.0247. The molecule has 0 saturated heterocycles. The number of fused-ring (bicyclic) bond motifs is 3. The molecule has 0 saturated carbocycles. The first-order valence-electron chi connectivity index (χ1n) is 8.09. The SMILES string of the molecule is CN(CCC#N)C(=O)COC(=O)c1cc2c(s1)-c1ccccc1CC2. The van der Waals surface area contributed by atoms with Crippen molar-refractivity contribution in [3.63, 3.8) is 0 Å². The Kier molecular flexibility index (Phi) is 5.15. The lowest BCUT2D eigenvalue weighted by Crippen LogP contribution is -2.31. The molecule has 25 heavy (non-hydrogen) atoms. The minimum absolute atomic E-state index is 0.257. The van der Waals surface area contributed by atoms with Gasteiger partial charge in [0.15, 0.2) is 6.61 Å². The Labute approximate surface area is 150 Å². The first-order valence-corrected chi connectivity index (χ1v) is 8.91. The van der Waals surface area contributed by atoms with Crippen LogP contribution in [0.1, 0.15) is 27.2 Å². The fourth-order valence-electron chi connectivity index (χ4n) is 2.82. The number of rotatable bonds is 5. The van der Waals surface area contributed by atoms with Crippen molar-refractivity contribution >= 4 is 23.2 Å². The van der Waals surface area contributed by atoms with Crippen molar-refractivity contribution in [3.8, 4) is 16.5 Å². The van der Waals surface area contributed by atoms with Crippen LogP contribution in [0.15, 0.2) is 30.3 Å². The molecule has 6 heteroatoms. The van der Waals surface area contributed by atoms with Gasteiger partial charge in [0.05, 0.1) is 12.5 Å². The van der Waals surface area contributed by atoms with Crippen molar-refractivity contribution in [2.24, 2.45) is 0 Å². The van der Waals surface area contributed by atoms with Crippen molar-refractivity contribution in [3.05, 3.63) is 46.3 Å². The molecule has 128 valence electrons. The van der Waals surface area contributed by atoms with Gasteiger partial charge in [-0.1, -0.05) is 24.3 Å². The first kappa shape index (κ1) is 17.2. The van der Waals surface area contributed by atoms with Gasteiger partial charge in [-0.15, -0.1) is 11.3 Å². The van der Waals surface area contributed by atoms with E-state index in [0.29, 0.717) is 11.4 Å². The molecule has 1 aromatic heterocycles. The normalized spacial score (nSPS) is 11.8. The summed E-state index contributed by atoms with van der Waals surface area (Å²) in [5.74, 6) is -0.783. The maximum absolute atomic E-state index is 12.3. The van der Waals surface area contributed by atoms with Gasteiger partial charge in [0.1, 0.15) is 4.88 Å². The van der Waals surface area contributed by atoms with E-state index in [9.17, 15) is 9.59 Å². The molecule has 1 heterocycles. The standard InChI is InChI=1S/C19H18N2O3S/c1-21(10-4-9-20)17(22)12-24-19(23)16-11-14-8-7-13-5-2-3-6-15(13)18(14)25-16/h2-3,5-6,11H,4,7-8,10,12H2,1H3. The number of likely N-dealkylation sites (N-methyl/N-ethyl adjacent to an activating group) is 1. The van der Waals surface area contributed by atoms with E-state index in [1.807, 2.05) is 24.3 Å². The van der Waals surface area contributed by atoms with Crippen LogP contribution in [0.3, 0.4) is 0 Å². The van der Waals surface area contributed by atoms with Gasteiger partial charge in [0, 0.05) is 18.5 Å². The van der Waals surface area contributed by atoms with Crippen LogP contribution in [0.2, 0.25) is 0 Å². The molecule has 1 amide bonds. The van der Waals surface area contributed by atoms with E-state index < -0.39 is 5.97 Å². The lowest BCUT2D eigenvalue weighted by Gasteiger charge is -2.15. The zero-order valence-electron chi connectivity index (χ0n) is 13.9. The van der Waals surface area contributed by atoms with E-state index in [-0.39, 0.29) is 18.9 Å². The number of thiophene rings is 1. The summed E-state index contributed by atoms with van der Waals surface area (Å²) in [4.78, 5) is 27.2. The Morgan fingerprint density at radius 1 is 1.28 bits per heavy atom. The van der Waals surface area contributed by atoms with Gasteiger partial charge in [0.25, 0.3) is 5.91 Å². The zero-order chi connectivity index (χ0) is 17.8. The van der Waals surface area contributed by atoms with Crippen molar-refractivity contribution in [2.75, 3.05) is 20.2 Å². The average molecular weight is 354 g/mol. The fraction of sp³-hybridized carbons (Fsp3) is 0.316. The van der Waals surface area contributed by atoms with Gasteiger partial charge in [-0.3, -0.25) is 4.79 Å². The Morgan fingerprint density at radius 2 is 2.04 bits per heavy atom. The van der Waals surface area contributed by atoms with Gasteiger partial charge >= 0.3 is 5.97 Å². The van der Waals surface area contributed by atoms with Gasteiger partial charge in [-0.2, -0.15) is 5.26 Å². The molecule has 0 spiro atoms. The van der Waals surface area contributed by atoms with Crippen LogP contribution in [0.4, 0.5) is 0 Å². The Morgan fingerprint density at radius 3 is 2.84 bits per heavy atom. The highest BCUT2D eigenvalue weighted by molar-refractivity contribution is 7.17. The second-order valence-electron chi connectivity index (χ2n) is 5.92. The summed E-state index contributed by atoms with van der Waals surface area (Å²) in [5, 5.41) is 8.54. The van der Waals surface area contributed by atoms with Crippen LogP contribution in [0, 0.1) is 11.3 Å². The molecule has 3 rings (SSSR count). The fourth-order valence-corrected chi connectivity index (χ4v) is 3.99. The van der Waals surface area contributed by atoms with Crippen LogP contribution in [0.25, 0.3) is 10.4 Å². The summed E-state index contributed by atoms with van der Waals surface area (Å²) in [5.41, 5.74) is 3.64. The third kappa shape index (κ3) is 3.72. The van der Waals surface area contributed by atoms with Crippen LogP contribution in [-0.2, 0) is 22.4 Å². The van der Waals surface area contributed by atoms with Crippen molar-refractivity contribution in [2.45, 2.75) is 19.3 Å². The summed E-state index contributed by atoms with van der Waals surface area (Å²) in [6, 6.07) is 12.1. The number of amides is 1. The molecule has 0 fully saturated rings. The third-order valence-electron chi connectivity index (χ3n) is 4.25. The number of ether oxygens (including phenoxy) is 1. The lowest BCUT2D eigenvalue weighted by atomic mass is 9.91. The number of nitriles is 1. The molecule has 1 aliphatic carbocycles. The largest absolute Gasteiger partial charge is 0.451 e. The molecule has 0 aliphatic heterocycles. The highest BCUT2D eigenvalue weighted by Gasteiger charge is 2.22. The highest BCUT2D eigenvalue weighted by atomic mass is 32.1. The predicted octanol–water partition coefficient (Wildman–Crippen LogP) is 3.04. The number of hydrogen-bond acceptors (Lipinski definition) is 5. The Bertz CT molecular complexity index is 851. The third-order valence-corrected chi connectivity index (χ3v) is 5.44. The number of carbonyl (C=O) groups is 2. The quantitative estimate of drug-likeness (QED) is 0.774. The van der Waals surface area contributed by atoms with E-state index in [1.54, 1.807) is 7.05 Å². The van der Waals surface area contributed by atoms with E-state index in [1.165, 1.54) is 27.4 Å². The van der Waals surface area contributed by atoms with Crippen LogP contribution >= 0.6 is 11.3 Å². The molecular weight excluding hydrogens is 336 g/mol. The molecule has 0 radical (unpaired) electrons. The van der Waals surface area contributed by atoms with Crippen LogP contribution in [0.5, 0.6) is 0 Å². The van der Waals surface area contributed by atoms with Crippen molar-refractivity contribution < 1.29 is 14.3 Å². The number of esters is 1. The van der Waals surface area contributed by atoms with E-state index in [4.69, 9.17) is 10.00 Å². The lowest BCUT2D eigenvalue weighted by molar-refractivity contribution is -0.133. The Balaban J connectivity index is 1.66. The van der Waals surface area contributed by atoms with Crippen LogP contribution < -0.4 is 0 Å². The monoisotopic (exact) mass is 354 g/mol. The molecule has 0 bridgehead atoms. The number of aryl methyl sites for hydroxylation is 2.